The molecule has 5 unspecified atom stereocenters. The lowest BCUT2D eigenvalue weighted by atomic mass is 9.88. The molecule has 4 aliphatic rings. The smallest absolute Gasteiger partial charge is 0.264 e. The van der Waals surface area contributed by atoms with Gasteiger partial charge in [-0.25, -0.2) is 8.78 Å². The van der Waals surface area contributed by atoms with Crippen LogP contribution in [0.15, 0.2) is 48.5 Å². The molecule has 0 radical (unpaired) electrons. The van der Waals surface area contributed by atoms with Gasteiger partial charge in [0, 0.05) is 42.5 Å². The molecule has 3 amide bonds. The number of aliphatic hydroxyl groups is 1. The molecule has 6 rings (SSSR count). The van der Waals surface area contributed by atoms with Gasteiger partial charge in [-0.3, -0.25) is 14.4 Å². The summed E-state index contributed by atoms with van der Waals surface area (Å²) < 4.78 is 29.9. The van der Waals surface area contributed by atoms with Crippen molar-refractivity contribution in [2.24, 2.45) is 17.8 Å². The minimum Gasteiger partial charge on any atom is -0.372 e. The maximum Gasteiger partial charge on any atom is 0.264 e. The molecule has 3 fully saturated rings. The van der Waals surface area contributed by atoms with Gasteiger partial charge in [-0.1, -0.05) is 48.5 Å². The normalized spacial score (nSPS) is 28.2. The molecule has 3 N–H and O–H groups in total. The number of alkyl halides is 2. The molecule has 202 valence electrons. The van der Waals surface area contributed by atoms with Crippen LogP contribution in [-0.2, 0) is 20.0 Å². The molecular formula is C29H28F2N4O4. The summed E-state index contributed by atoms with van der Waals surface area (Å²) in [4.78, 5) is 41.0. The Morgan fingerprint density at radius 2 is 1.77 bits per heavy atom. The van der Waals surface area contributed by atoms with Crippen molar-refractivity contribution in [3.63, 3.8) is 0 Å². The van der Waals surface area contributed by atoms with Crippen LogP contribution >= 0.6 is 0 Å². The Labute approximate surface area is 224 Å². The lowest BCUT2D eigenvalue weighted by molar-refractivity contribution is -0.153. The lowest BCUT2D eigenvalue weighted by Gasteiger charge is -2.34. The summed E-state index contributed by atoms with van der Waals surface area (Å²) in [5, 5.41) is 27.1. The largest absolute Gasteiger partial charge is 0.372 e. The molecule has 2 aromatic rings. The Balaban J connectivity index is 1.35. The van der Waals surface area contributed by atoms with E-state index in [-0.39, 0.29) is 25.3 Å². The van der Waals surface area contributed by atoms with Gasteiger partial charge in [0.25, 0.3) is 11.8 Å². The van der Waals surface area contributed by atoms with Gasteiger partial charge in [0.2, 0.25) is 11.8 Å². The van der Waals surface area contributed by atoms with E-state index in [0.29, 0.717) is 35.2 Å². The Morgan fingerprint density at radius 3 is 2.36 bits per heavy atom. The Hall–Kier alpha value is -3.84. The van der Waals surface area contributed by atoms with Crippen LogP contribution in [-0.4, -0.2) is 58.8 Å². The molecule has 2 aromatic carbocycles. The average Bonchev–Trinajstić information content (AvgIpc) is 3.66. The fourth-order valence-electron chi connectivity index (χ4n) is 7.01. The fraction of sp³-hybridized carbons (Fsp3) is 0.448. The molecule has 2 heterocycles. The number of halogens is 2. The number of rotatable bonds is 5. The Bertz CT molecular complexity index is 1360. The third-order valence-electron chi connectivity index (χ3n) is 8.92. The summed E-state index contributed by atoms with van der Waals surface area (Å²) in [6, 6.07) is 13.5. The van der Waals surface area contributed by atoms with Crippen LogP contribution in [0.25, 0.3) is 11.1 Å². The molecule has 5 atom stereocenters. The number of nitriles is 1. The molecule has 2 aliphatic heterocycles. The van der Waals surface area contributed by atoms with Gasteiger partial charge < -0.3 is 20.6 Å². The quantitative estimate of drug-likeness (QED) is 0.544. The highest BCUT2D eigenvalue weighted by atomic mass is 19.3. The van der Waals surface area contributed by atoms with Crippen LogP contribution in [0.4, 0.5) is 8.78 Å². The second-order valence-electron chi connectivity index (χ2n) is 11.0. The first-order chi connectivity index (χ1) is 18.7. The molecule has 10 heteroatoms. The number of hydrogen-bond acceptors (Lipinski definition) is 5. The zero-order valence-electron chi connectivity index (χ0n) is 21.1. The SMILES string of the molecule is N#CC(CC1CCNC1=O)NC(=O)C1C2CCC(F)(F)C2CN1C(=O)C1(O)c2ccccc2-c2ccccc21. The summed E-state index contributed by atoms with van der Waals surface area (Å²) in [6.07, 6.45) is 0.259. The predicted octanol–water partition coefficient (Wildman–Crippen LogP) is 2.31. The third-order valence-corrected chi connectivity index (χ3v) is 8.92. The summed E-state index contributed by atoms with van der Waals surface area (Å²) in [6.45, 7) is 0.102. The second kappa shape index (κ2) is 9.12. The van der Waals surface area contributed by atoms with Crippen molar-refractivity contribution in [1.29, 1.82) is 5.26 Å². The number of nitrogens with one attached hydrogen (secondary N) is 2. The first kappa shape index (κ1) is 25.4. The van der Waals surface area contributed by atoms with Crippen molar-refractivity contribution in [1.82, 2.24) is 15.5 Å². The maximum absolute atomic E-state index is 14.9. The van der Waals surface area contributed by atoms with E-state index in [1.54, 1.807) is 48.5 Å². The highest BCUT2D eigenvalue weighted by Gasteiger charge is 2.63. The lowest BCUT2D eigenvalue weighted by Crippen LogP contribution is -2.55. The Kier molecular flexibility index (Phi) is 5.95. The van der Waals surface area contributed by atoms with Crippen LogP contribution in [0, 0.1) is 29.1 Å². The van der Waals surface area contributed by atoms with E-state index in [4.69, 9.17) is 0 Å². The van der Waals surface area contributed by atoms with Crippen LogP contribution in [0.3, 0.4) is 0 Å². The van der Waals surface area contributed by atoms with Crippen LogP contribution in [0.5, 0.6) is 0 Å². The molecule has 0 bridgehead atoms. The number of hydrogen-bond donors (Lipinski definition) is 3. The van der Waals surface area contributed by atoms with E-state index >= 15 is 0 Å². The number of benzene rings is 2. The van der Waals surface area contributed by atoms with Gasteiger partial charge in [0.15, 0.2) is 5.60 Å². The zero-order valence-corrected chi connectivity index (χ0v) is 21.1. The van der Waals surface area contributed by atoms with Crippen molar-refractivity contribution < 1.29 is 28.3 Å². The fourth-order valence-corrected chi connectivity index (χ4v) is 7.01. The summed E-state index contributed by atoms with van der Waals surface area (Å²) >= 11 is 0. The van der Waals surface area contributed by atoms with Crippen molar-refractivity contribution in [2.45, 2.75) is 49.3 Å². The van der Waals surface area contributed by atoms with Crippen LogP contribution < -0.4 is 10.6 Å². The Morgan fingerprint density at radius 1 is 1.13 bits per heavy atom. The molecule has 8 nitrogen and oxygen atoms in total. The molecule has 0 spiro atoms. The van der Waals surface area contributed by atoms with Gasteiger partial charge in [-0.15, -0.1) is 0 Å². The van der Waals surface area contributed by atoms with E-state index in [2.05, 4.69) is 10.6 Å². The molecule has 2 saturated heterocycles. The number of carbonyl (C=O) groups excluding carboxylic acids is 3. The van der Waals surface area contributed by atoms with Gasteiger partial charge in [0.1, 0.15) is 12.1 Å². The maximum atomic E-state index is 14.9. The topological polar surface area (TPSA) is 123 Å². The summed E-state index contributed by atoms with van der Waals surface area (Å²) in [5.74, 6) is -7.33. The highest BCUT2D eigenvalue weighted by molar-refractivity contribution is 6.01. The minimum atomic E-state index is -3.07. The van der Waals surface area contributed by atoms with E-state index in [9.17, 15) is 33.5 Å². The summed E-state index contributed by atoms with van der Waals surface area (Å²) in [5.41, 5.74) is -0.165. The number of amides is 3. The van der Waals surface area contributed by atoms with Gasteiger partial charge >= 0.3 is 0 Å². The van der Waals surface area contributed by atoms with E-state index in [1.165, 1.54) is 0 Å². The molecular weight excluding hydrogens is 506 g/mol. The van der Waals surface area contributed by atoms with E-state index in [1.807, 2.05) is 6.07 Å². The molecule has 0 aromatic heterocycles. The predicted molar refractivity (Wildman–Crippen MR) is 135 cm³/mol. The van der Waals surface area contributed by atoms with E-state index < -0.39 is 59.6 Å². The number of carbonyl (C=O) groups is 3. The van der Waals surface area contributed by atoms with Gasteiger partial charge in [-0.2, -0.15) is 5.26 Å². The summed E-state index contributed by atoms with van der Waals surface area (Å²) in [7, 11) is 0. The number of fused-ring (bicyclic) bond motifs is 4. The zero-order chi connectivity index (χ0) is 27.5. The molecule has 2 aliphatic carbocycles. The highest BCUT2D eigenvalue weighted by Crippen LogP contribution is 2.54. The van der Waals surface area contributed by atoms with Crippen LogP contribution in [0.2, 0.25) is 0 Å². The minimum absolute atomic E-state index is 0.0351. The van der Waals surface area contributed by atoms with Gasteiger partial charge in [0.05, 0.1) is 6.07 Å². The first-order valence-corrected chi connectivity index (χ1v) is 13.2. The van der Waals surface area contributed by atoms with Gasteiger partial charge in [-0.05, 0) is 36.3 Å². The standard InChI is InChI=1S/C29H28F2N4O4/c30-28(31)11-9-20-23(28)15-35(24(20)26(37)34-17(14-32)13-16-10-12-33-25(16)36)27(38)29(39)21-7-3-1-5-18(21)19-6-2-4-8-22(19)29/h1-8,16-17,20,23-24,39H,9-13,15H2,(H,33,36)(H,34,37). The third kappa shape index (κ3) is 3.82. The van der Waals surface area contributed by atoms with E-state index in [0.717, 1.165) is 4.90 Å². The van der Waals surface area contributed by atoms with Crippen molar-refractivity contribution in [2.75, 3.05) is 13.1 Å². The monoisotopic (exact) mass is 534 g/mol. The molecule has 39 heavy (non-hydrogen) atoms. The second-order valence-corrected chi connectivity index (χ2v) is 11.0. The average molecular weight is 535 g/mol. The van der Waals surface area contributed by atoms with Crippen molar-refractivity contribution in [3.05, 3.63) is 59.7 Å². The van der Waals surface area contributed by atoms with Crippen molar-refractivity contribution in [3.8, 4) is 17.2 Å². The number of nitrogens with zero attached hydrogens (tertiary/aromatic N) is 2. The molecule has 1 saturated carbocycles. The first-order valence-electron chi connectivity index (χ1n) is 13.2. The van der Waals surface area contributed by atoms with Crippen molar-refractivity contribution >= 4 is 17.7 Å². The van der Waals surface area contributed by atoms with Crippen LogP contribution in [0.1, 0.15) is 36.8 Å². The number of likely N-dealkylation sites (tertiary alicyclic amines) is 1.